The van der Waals surface area contributed by atoms with Gasteiger partial charge < -0.3 is 10.1 Å². The standard InChI is InChI=1S/C15H18F3NO2S/c1-21-6-7-22-9-14(20)19-13-8-11(13)10-4-2-3-5-12(10)15(16,17)18/h2-5,11,13H,6-9H2,1H3,(H,19,20)/t11-,13+/m0/s1. The van der Waals surface area contributed by atoms with Gasteiger partial charge in [0.1, 0.15) is 0 Å². The number of carbonyl (C=O) groups is 1. The molecule has 0 saturated heterocycles. The zero-order valence-corrected chi connectivity index (χ0v) is 13.0. The molecule has 2 atom stereocenters. The van der Waals surface area contributed by atoms with Gasteiger partial charge in [-0.25, -0.2) is 0 Å². The molecule has 1 N–H and O–H groups in total. The van der Waals surface area contributed by atoms with E-state index in [0.717, 1.165) is 11.8 Å². The lowest BCUT2D eigenvalue weighted by molar-refractivity contribution is -0.138. The number of thioether (sulfide) groups is 1. The lowest BCUT2D eigenvalue weighted by atomic mass is 10.0. The van der Waals surface area contributed by atoms with Crippen molar-refractivity contribution in [3.63, 3.8) is 0 Å². The maximum Gasteiger partial charge on any atom is 0.416 e. The van der Waals surface area contributed by atoms with Crippen molar-refractivity contribution < 1.29 is 22.7 Å². The van der Waals surface area contributed by atoms with Crippen LogP contribution in [-0.2, 0) is 15.7 Å². The van der Waals surface area contributed by atoms with Crippen molar-refractivity contribution in [2.24, 2.45) is 0 Å². The third kappa shape index (κ3) is 4.64. The lowest BCUT2D eigenvalue weighted by Crippen LogP contribution is -2.28. The van der Waals surface area contributed by atoms with Crippen LogP contribution in [0.25, 0.3) is 0 Å². The van der Waals surface area contributed by atoms with Crippen LogP contribution in [0.5, 0.6) is 0 Å². The first kappa shape index (κ1) is 17.1. The van der Waals surface area contributed by atoms with E-state index in [1.54, 1.807) is 13.2 Å². The normalized spacial score (nSPS) is 20.7. The van der Waals surface area contributed by atoms with E-state index in [1.165, 1.54) is 23.9 Å². The second kappa shape index (κ2) is 7.37. The van der Waals surface area contributed by atoms with Gasteiger partial charge in [-0.05, 0) is 18.1 Å². The molecule has 1 aromatic rings. The molecule has 0 radical (unpaired) electrons. The van der Waals surface area contributed by atoms with Crippen LogP contribution >= 0.6 is 11.8 Å². The molecule has 22 heavy (non-hydrogen) atoms. The highest BCUT2D eigenvalue weighted by Crippen LogP contribution is 2.46. The summed E-state index contributed by atoms with van der Waals surface area (Å²) in [6.45, 7) is 0.572. The van der Waals surface area contributed by atoms with Gasteiger partial charge in [-0.3, -0.25) is 4.79 Å². The lowest BCUT2D eigenvalue weighted by Gasteiger charge is -2.12. The molecule has 1 aromatic carbocycles. The summed E-state index contributed by atoms with van der Waals surface area (Å²) in [7, 11) is 1.59. The summed E-state index contributed by atoms with van der Waals surface area (Å²) in [4.78, 5) is 11.7. The third-order valence-corrected chi connectivity index (χ3v) is 4.39. The summed E-state index contributed by atoms with van der Waals surface area (Å²) in [6.07, 6.45) is -3.80. The molecule has 3 nitrogen and oxygen atoms in total. The number of hydrogen-bond donors (Lipinski definition) is 1. The summed E-state index contributed by atoms with van der Waals surface area (Å²) in [6, 6.07) is 5.37. The van der Waals surface area contributed by atoms with Gasteiger partial charge in [0.25, 0.3) is 0 Å². The summed E-state index contributed by atoms with van der Waals surface area (Å²) in [5.74, 6) is 0.631. The molecule has 0 bridgehead atoms. The van der Waals surface area contributed by atoms with Gasteiger partial charge in [0.05, 0.1) is 17.9 Å². The summed E-state index contributed by atoms with van der Waals surface area (Å²) in [5, 5.41) is 2.79. The number of hydrogen-bond acceptors (Lipinski definition) is 3. The third-order valence-electron chi connectivity index (χ3n) is 3.47. The van der Waals surface area contributed by atoms with Crippen LogP contribution in [0.2, 0.25) is 0 Å². The van der Waals surface area contributed by atoms with Crippen LogP contribution in [-0.4, -0.2) is 37.2 Å². The Hall–Kier alpha value is -1.21. The maximum absolute atomic E-state index is 13.0. The van der Waals surface area contributed by atoms with Gasteiger partial charge in [0.2, 0.25) is 5.91 Å². The Morgan fingerprint density at radius 1 is 1.41 bits per heavy atom. The highest BCUT2D eigenvalue weighted by Gasteiger charge is 2.44. The van der Waals surface area contributed by atoms with Crippen molar-refractivity contribution in [2.75, 3.05) is 25.2 Å². The van der Waals surface area contributed by atoms with Crippen molar-refractivity contribution in [3.05, 3.63) is 35.4 Å². The SMILES string of the molecule is COCCSCC(=O)N[C@@H]1C[C@H]1c1ccccc1C(F)(F)F. The number of carbonyl (C=O) groups excluding carboxylic acids is 1. The topological polar surface area (TPSA) is 38.3 Å². The van der Waals surface area contributed by atoms with E-state index in [2.05, 4.69) is 5.32 Å². The van der Waals surface area contributed by atoms with E-state index >= 15 is 0 Å². The molecule has 2 rings (SSSR count). The average Bonchev–Trinajstić information content (AvgIpc) is 3.22. The first-order valence-corrected chi connectivity index (χ1v) is 8.11. The molecule has 1 saturated carbocycles. The minimum Gasteiger partial charge on any atom is -0.384 e. The molecular weight excluding hydrogens is 315 g/mol. The number of amides is 1. The minimum atomic E-state index is -4.36. The number of halogens is 3. The van der Waals surface area contributed by atoms with Crippen molar-refractivity contribution in [3.8, 4) is 0 Å². The van der Waals surface area contributed by atoms with Gasteiger partial charge in [0.15, 0.2) is 0 Å². The second-order valence-electron chi connectivity index (χ2n) is 5.15. The quantitative estimate of drug-likeness (QED) is 0.780. The monoisotopic (exact) mass is 333 g/mol. The average molecular weight is 333 g/mol. The molecular formula is C15H18F3NO2S. The van der Waals surface area contributed by atoms with E-state index < -0.39 is 11.7 Å². The summed E-state index contributed by atoms with van der Waals surface area (Å²) in [5.41, 5.74) is -0.335. The number of benzene rings is 1. The van der Waals surface area contributed by atoms with Gasteiger partial charge in [-0.1, -0.05) is 18.2 Å². The Morgan fingerprint density at radius 2 is 2.14 bits per heavy atom. The van der Waals surface area contributed by atoms with Crippen LogP contribution in [0.3, 0.4) is 0 Å². The van der Waals surface area contributed by atoms with Crippen molar-refractivity contribution >= 4 is 17.7 Å². The first-order chi connectivity index (χ1) is 10.4. The number of alkyl halides is 3. The molecule has 0 aromatic heterocycles. The zero-order chi connectivity index (χ0) is 16.2. The van der Waals surface area contributed by atoms with E-state index in [0.29, 0.717) is 18.8 Å². The van der Waals surface area contributed by atoms with Crippen LogP contribution in [0.1, 0.15) is 23.5 Å². The molecule has 1 fully saturated rings. The van der Waals surface area contributed by atoms with E-state index in [9.17, 15) is 18.0 Å². The fourth-order valence-electron chi connectivity index (χ4n) is 2.33. The Kier molecular flexibility index (Phi) is 5.74. The van der Waals surface area contributed by atoms with Gasteiger partial charge in [0, 0.05) is 24.8 Å². The molecule has 0 aliphatic heterocycles. The predicted octanol–water partition coefficient (Wildman–Crippen LogP) is 3.06. The molecule has 0 spiro atoms. The van der Waals surface area contributed by atoms with Crippen molar-refractivity contribution in [1.82, 2.24) is 5.32 Å². The number of nitrogens with one attached hydrogen (secondary N) is 1. The van der Waals surface area contributed by atoms with Crippen LogP contribution in [0.4, 0.5) is 13.2 Å². The van der Waals surface area contributed by atoms with Crippen LogP contribution in [0.15, 0.2) is 24.3 Å². The van der Waals surface area contributed by atoms with Gasteiger partial charge in [-0.2, -0.15) is 13.2 Å². The molecule has 122 valence electrons. The summed E-state index contributed by atoms with van der Waals surface area (Å²) >= 11 is 1.44. The Balaban J connectivity index is 1.87. The molecule has 1 amide bonds. The van der Waals surface area contributed by atoms with Gasteiger partial charge in [-0.15, -0.1) is 11.8 Å². The van der Waals surface area contributed by atoms with Crippen LogP contribution < -0.4 is 5.32 Å². The largest absolute Gasteiger partial charge is 0.416 e. The molecule has 1 aliphatic carbocycles. The van der Waals surface area contributed by atoms with E-state index in [-0.39, 0.29) is 23.4 Å². The maximum atomic E-state index is 13.0. The van der Waals surface area contributed by atoms with Gasteiger partial charge >= 0.3 is 6.18 Å². The van der Waals surface area contributed by atoms with Crippen molar-refractivity contribution in [2.45, 2.75) is 24.6 Å². The Bertz CT molecular complexity index is 522. The highest BCUT2D eigenvalue weighted by molar-refractivity contribution is 7.99. The summed E-state index contributed by atoms with van der Waals surface area (Å²) < 4.78 is 43.8. The van der Waals surface area contributed by atoms with Crippen LogP contribution in [0, 0.1) is 0 Å². The fraction of sp³-hybridized carbons (Fsp3) is 0.533. The first-order valence-electron chi connectivity index (χ1n) is 6.95. The van der Waals surface area contributed by atoms with Crippen molar-refractivity contribution in [1.29, 1.82) is 0 Å². The number of rotatable bonds is 7. The molecule has 0 heterocycles. The zero-order valence-electron chi connectivity index (χ0n) is 12.2. The molecule has 7 heteroatoms. The van der Waals surface area contributed by atoms with E-state index in [1.807, 2.05) is 0 Å². The number of ether oxygens (including phenoxy) is 1. The molecule has 0 unspecified atom stereocenters. The molecule has 1 aliphatic rings. The highest BCUT2D eigenvalue weighted by atomic mass is 32.2. The Morgan fingerprint density at radius 3 is 2.82 bits per heavy atom. The predicted molar refractivity (Wildman–Crippen MR) is 79.9 cm³/mol. The smallest absolute Gasteiger partial charge is 0.384 e. The fourth-order valence-corrected chi connectivity index (χ4v) is 3.03. The number of methoxy groups -OCH3 is 1. The van der Waals surface area contributed by atoms with E-state index in [4.69, 9.17) is 4.74 Å². The second-order valence-corrected chi connectivity index (χ2v) is 6.25. The minimum absolute atomic E-state index is 0.141. The Labute approximate surface area is 131 Å².